The number of aliphatic imine (C=N–C) groups is 1. The van der Waals surface area contributed by atoms with Gasteiger partial charge in [0.25, 0.3) is 5.91 Å². The van der Waals surface area contributed by atoms with Crippen LogP contribution in [0.2, 0.25) is 0 Å². The Morgan fingerprint density at radius 3 is 2.76 bits per heavy atom. The summed E-state index contributed by atoms with van der Waals surface area (Å²) in [6, 6.07) is 3.72. The Hall–Kier alpha value is -1.99. The van der Waals surface area contributed by atoms with E-state index >= 15 is 0 Å². The van der Waals surface area contributed by atoms with Crippen molar-refractivity contribution in [3.05, 3.63) is 46.1 Å². The van der Waals surface area contributed by atoms with Gasteiger partial charge < -0.3 is 0 Å². The van der Waals surface area contributed by atoms with Gasteiger partial charge in [-0.1, -0.05) is 0 Å². The van der Waals surface area contributed by atoms with E-state index in [9.17, 15) is 4.79 Å². The second-order valence-electron chi connectivity index (χ2n) is 4.42. The summed E-state index contributed by atoms with van der Waals surface area (Å²) in [5.41, 5.74) is 1.88. The molecule has 2 aromatic heterocycles. The fraction of sp³-hybridized carbons (Fsp3) is 0.143. The Labute approximate surface area is 130 Å². The van der Waals surface area contributed by atoms with Crippen LogP contribution in [-0.4, -0.2) is 33.0 Å². The zero-order valence-electron chi connectivity index (χ0n) is 11.5. The van der Waals surface area contributed by atoms with E-state index in [1.54, 1.807) is 24.3 Å². The van der Waals surface area contributed by atoms with Crippen LogP contribution in [0.1, 0.15) is 11.3 Å². The lowest BCUT2D eigenvalue weighted by Crippen LogP contribution is -2.23. The van der Waals surface area contributed by atoms with Gasteiger partial charge in [0.05, 0.1) is 10.6 Å². The molecule has 0 unspecified atom stereocenters. The van der Waals surface area contributed by atoms with Gasteiger partial charge >= 0.3 is 0 Å². The molecule has 0 bridgehead atoms. The molecule has 0 aliphatic carbocycles. The van der Waals surface area contributed by atoms with Gasteiger partial charge in [0.1, 0.15) is 0 Å². The van der Waals surface area contributed by atoms with Crippen molar-refractivity contribution in [1.29, 1.82) is 0 Å². The second kappa shape index (κ2) is 5.79. The molecular formula is C14H12N4OS2. The zero-order valence-corrected chi connectivity index (χ0v) is 13.1. The standard InChI is InChI=1S/C14H12N4OS2/c1-9-8-20-13(16-9)17-14-18(2)12(19)11(21-14)7-10-3-5-15-6-4-10/h3-8H,1-2H3/b11-7-,17-14+. The molecule has 1 aliphatic heterocycles. The number of carbonyl (C=O) groups excluding carboxylic acids is 1. The lowest BCUT2D eigenvalue weighted by Gasteiger charge is -2.05. The van der Waals surface area contributed by atoms with Crippen LogP contribution in [0, 0.1) is 6.92 Å². The molecule has 3 heterocycles. The van der Waals surface area contributed by atoms with Crippen LogP contribution < -0.4 is 0 Å². The molecule has 1 aliphatic rings. The Morgan fingerprint density at radius 1 is 1.33 bits per heavy atom. The first kappa shape index (κ1) is 14.0. The maximum absolute atomic E-state index is 12.2. The average molecular weight is 316 g/mol. The fourth-order valence-electron chi connectivity index (χ4n) is 1.74. The molecule has 7 heteroatoms. The molecular weight excluding hydrogens is 304 g/mol. The second-order valence-corrected chi connectivity index (χ2v) is 6.27. The van der Waals surface area contributed by atoms with Crippen LogP contribution in [0.25, 0.3) is 6.08 Å². The minimum atomic E-state index is -0.0520. The van der Waals surface area contributed by atoms with Gasteiger partial charge in [0.2, 0.25) is 5.13 Å². The van der Waals surface area contributed by atoms with Crippen LogP contribution in [0.3, 0.4) is 0 Å². The highest BCUT2D eigenvalue weighted by molar-refractivity contribution is 8.18. The minimum absolute atomic E-state index is 0.0520. The molecule has 0 atom stereocenters. The highest BCUT2D eigenvalue weighted by Gasteiger charge is 2.30. The predicted octanol–water partition coefficient (Wildman–Crippen LogP) is 3.08. The quantitative estimate of drug-likeness (QED) is 0.799. The number of thiazole rings is 1. The number of amidine groups is 1. The monoisotopic (exact) mass is 316 g/mol. The Bertz CT molecular complexity index is 736. The predicted molar refractivity (Wildman–Crippen MR) is 86.5 cm³/mol. The summed E-state index contributed by atoms with van der Waals surface area (Å²) in [4.78, 5) is 27.1. The fourth-order valence-corrected chi connectivity index (χ4v) is 3.43. The molecule has 2 aromatic rings. The van der Waals surface area contributed by atoms with Crippen molar-refractivity contribution in [1.82, 2.24) is 14.9 Å². The molecule has 0 saturated carbocycles. The summed E-state index contributed by atoms with van der Waals surface area (Å²) in [5.74, 6) is -0.0520. The van der Waals surface area contributed by atoms with Gasteiger partial charge in [-0.05, 0) is 42.5 Å². The van der Waals surface area contributed by atoms with Gasteiger partial charge in [0, 0.05) is 24.8 Å². The lowest BCUT2D eigenvalue weighted by molar-refractivity contribution is -0.121. The van der Waals surface area contributed by atoms with Crippen molar-refractivity contribution in [2.75, 3.05) is 7.05 Å². The van der Waals surface area contributed by atoms with Crippen molar-refractivity contribution in [3.63, 3.8) is 0 Å². The molecule has 3 rings (SSSR count). The number of nitrogens with zero attached hydrogens (tertiary/aromatic N) is 4. The first-order valence-electron chi connectivity index (χ1n) is 6.22. The third kappa shape index (κ3) is 3.03. The van der Waals surface area contributed by atoms with E-state index in [0.29, 0.717) is 15.2 Å². The van der Waals surface area contributed by atoms with E-state index in [1.165, 1.54) is 23.1 Å². The maximum Gasteiger partial charge on any atom is 0.266 e. The third-order valence-corrected chi connectivity index (χ3v) is 4.72. The Morgan fingerprint density at radius 2 is 2.10 bits per heavy atom. The molecule has 21 heavy (non-hydrogen) atoms. The largest absolute Gasteiger partial charge is 0.289 e. The van der Waals surface area contributed by atoms with Gasteiger partial charge in [0.15, 0.2) is 5.17 Å². The van der Waals surface area contributed by atoms with Crippen LogP contribution in [0.15, 0.2) is 39.8 Å². The first-order chi connectivity index (χ1) is 10.1. The molecule has 106 valence electrons. The smallest absolute Gasteiger partial charge is 0.266 e. The highest BCUT2D eigenvalue weighted by atomic mass is 32.2. The van der Waals surface area contributed by atoms with E-state index in [-0.39, 0.29) is 5.91 Å². The molecule has 0 aromatic carbocycles. The topological polar surface area (TPSA) is 58.5 Å². The minimum Gasteiger partial charge on any atom is -0.289 e. The van der Waals surface area contributed by atoms with Crippen molar-refractivity contribution < 1.29 is 4.79 Å². The van der Waals surface area contributed by atoms with Crippen LogP contribution >= 0.6 is 23.1 Å². The number of hydrogen-bond donors (Lipinski definition) is 0. The Kier molecular flexibility index (Phi) is 3.85. The molecule has 1 amide bonds. The summed E-state index contributed by atoms with van der Waals surface area (Å²) in [7, 11) is 1.72. The number of pyridine rings is 1. The normalized spacial score (nSPS) is 19.0. The van der Waals surface area contributed by atoms with Gasteiger partial charge in [-0.2, -0.15) is 4.99 Å². The molecule has 1 fully saturated rings. The summed E-state index contributed by atoms with van der Waals surface area (Å²) in [5, 5.41) is 3.25. The molecule has 0 radical (unpaired) electrons. The number of aromatic nitrogens is 2. The third-order valence-electron chi connectivity index (χ3n) is 2.81. The van der Waals surface area contributed by atoms with Crippen molar-refractivity contribution in [3.8, 4) is 0 Å². The van der Waals surface area contributed by atoms with Gasteiger partial charge in [-0.25, -0.2) is 4.98 Å². The van der Waals surface area contributed by atoms with Crippen molar-refractivity contribution in [2.24, 2.45) is 4.99 Å². The summed E-state index contributed by atoms with van der Waals surface area (Å²) in [6.45, 7) is 1.92. The Balaban J connectivity index is 1.89. The number of likely N-dealkylation sites (N-methyl/N-ethyl adjacent to an activating group) is 1. The van der Waals surface area contributed by atoms with Crippen LogP contribution in [-0.2, 0) is 4.79 Å². The SMILES string of the molecule is Cc1csc(/N=C2/S/C(=C\c3ccncc3)C(=O)N2C)n1. The number of thioether (sulfide) groups is 1. The molecule has 5 nitrogen and oxygen atoms in total. The number of aryl methyl sites for hydroxylation is 1. The van der Waals surface area contributed by atoms with Gasteiger partial charge in [-0.3, -0.25) is 14.7 Å². The number of rotatable bonds is 2. The van der Waals surface area contributed by atoms with Crippen LogP contribution in [0.5, 0.6) is 0 Å². The van der Waals surface area contributed by atoms with E-state index < -0.39 is 0 Å². The molecule has 1 saturated heterocycles. The summed E-state index contributed by atoms with van der Waals surface area (Å²) < 4.78 is 0. The van der Waals surface area contributed by atoms with Gasteiger partial charge in [-0.15, -0.1) is 11.3 Å². The van der Waals surface area contributed by atoms with E-state index in [0.717, 1.165) is 11.3 Å². The van der Waals surface area contributed by atoms with Crippen molar-refractivity contribution in [2.45, 2.75) is 6.92 Å². The average Bonchev–Trinajstić information content (AvgIpc) is 3.00. The summed E-state index contributed by atoms with van der Waals surface area (Å²) in [6.07, 6.45) is 5.25. The van der Waals surface area contributed by atoms with E-state index in [4.69, 9.17) is 0 Å². The van der Waals surface area contributed by atoms with Crippen LogP contribution in [0.4, 0.5) is 5.13 Å². The number of carbonyl (C=O) groups is 1. The van der Waals surface area contributed by atoms with E-state index in [2.05, 4.69) is 15.0 Å². The molecule has 0 N–H and O–H groups in total. The lowest BCUT2D eigenvalue weighted by atomic mass is 10.2. The highest BCUT2D eigenvalue weighted by Crippen LogP contribution is 2.33. The van der Waals surface area contributed by atoms with E-state index in [1.807, 2.05) is 30.5 Å². The van der Waals surface area contributed by atoms with Crippen molar-refractivity contribution >= 4 is 45.4 Å². The zero-order chi connectivity index (χ0) is 14.8. The first-order valence-corrected chi connectivity index (χ1v) is 7.91. The number of amides is 1. The maximum atomic E-state index is 12.2. The molecule has 0 spiro atoms. The summed E-state index contributed by atoms with van der Waals surface area (Å²) >= 11 is 2.83. The number of hydrogen-bond acceptors (Lipinski definition) is 6.